The molecule has 2 aliphatic heterocycles. The summed E-state index contributed by atoms with van der Waals surface area (Å²) in [4.78, 5) is 16.4. The van der Waals surface area contributed by atoms with Crippen LogP contribution in [0.4, 0.5) is 0 Å². The van der Waals surface area contributed by atoms with Gasteiger partial charge < -0.3 is 4.90 Å². The fourth-order valence-electron chi connectivity index (χ4n) is 2.94. The number of nitrogens with one attached hydrogen (secondary N) is 1. The fourth-order valence-corrected chi connectivity index (χ4v) is 2.94. The molecule has 2 rings (SSSR count). The standard InChI is InChI=1S/C13H25N3O/c1-3-12-14-9-13(17)16(12)10-11(2)15-7-5-4-6-8-15/h11-12,14H,3-10H2,1-2H3. The zero-order valence-corrected chi connectivity index (χ0v) is 11.1. The van der Waals surface area contributed by atoms with Crippen LogP contribution in [0.25, 0.3) is 0 Å². The Morgan fingerprint density at radius 2 is 2.06 bits per heavy atom. The van der Waals surface area contributed by atoms with Gasteiger partial charge in [-0.25, -0.2) is 0 Å². The minimum absolute atomic E-state index is 0.259. The summed E-state index contributed by atoms with van der Waals surface area (Å²) < 4.78 is 0. The molecule has 0 aromatic carbocycles. The Morgan fingerprint density at radius 1 is 1.35 bits per heavy atom. The van der Waals surface area contributed by atoms with Crippen molar-refractivity contribution in [3.8, 4) is 0 Å². The third-order valence-corrected chi connectivity index (χ3v) is 4.05. The molecule has 2 heterocycles. The van der Waals surface area contributed by atoms with Crippen LogP contribution in [0.3, 0.4) is 0 Å². The normalized spacial score (nSPS) is 28.7. The molecule has 2 atom stereocenters. The second-order valence-electron chi connectivity index (χ2n) is 5.30. The predicted octanol–water partition coefficient (Wildman–Crippen LogP) is 1.03. The van der Waals surface area contributed by atoms with Crippen LogP contribution in [-0.4, -0.2) is 54.1 Å². The molecular weight excluding hydrogens is 214 g/mol. The second-order valence-corrected chi connectivity index (χ2v) is 5.30. The van der Waals surface area contributed by atoms with Gasteiger partial charge in [-0.05, 0) is 39.3 Å². The number of rotatable bonds is 4. The van der Waals surface area contributed by atoms with E-state index >= 15 is 0 Å². The van der Waals surface area contributed by atoms with Crippen LogP contribution in [0, 0.1) is 0 Å². The molecule has 0 bridgehead atoms. The smallest absolute Gasteiger partial charge is 0.237 e. The second kappa shape index (κ2) is 5.83. The van der Waals surface area contributed by atoms with Gasteiger partial charge in [-0.1, -0.05) is 13.3 Å². The van der Waals surface area contributed by atoms with Gasteiger partial charge in [-0.2, -0.15) is 0 Å². The third-order valence-electron chi connectivity index (χ3n) is 4.05. The van der Waals surface area contributed by atoms with Gasteiger partial charge in [0.2, 0.25) is 5.91 Å². The van der Waals surface area contributed by atoms with Crippen LogP contribution in [0.5, 0.6) is 0 Å². The third kappa shape index (κ3) is 2.99. The molecule has 98 valence electrons. The van der Waals surface area contributed by atoms with Gasteiger partial charge in [0, 0.05) is 12.6 Å². The minimum Gasteiger partial charge on any atom is -0.325 e. The van der Waals surface area contributed by atoms with E-state index in [0.29, 0.717) is 12.6 Å². The van der Waals surface area contributed by atoms with E-state index in [4.69, 9.17) is 0 Å². The van der Waals surface area contributed by atoms with Crippen LogP contribution < -0.4 is 5.32 Å². The molecule has 2 saturated heterocycles. The van der Waals surface area contributed by atoms with Gasteiger partial charge in [0.15, 0.2) is 0 Å². The number of amides is 1. The molecule has 0 aromatic heterocycles. The maximum absolute atomic E-state index is 11.8. The molecule has 0 spiro atoms. The van der Waals surface area contributed by atoms with Gasteiger partial charge in [0.05, 0.1) is 12.7 Å². The van der Waals surface area contributed by atoms with Gasteiger partial charge in [0.25, 0.3) is 0 Å². The molecule has 0 saturated carbocycles. The number of carbonyl (C=O) groups is 1. The first kappa shape index (κ1) is 12.8. The van der Waals surface area contributed by atoms with Crippen molar-refractivity contribution in [1.82, 2.24) is 15.1 Å². The zero-order valence-electron chi connectivity index (χ0n) is 11.1. The van der Waals surface area contributed by atoms with E-state index in [-0.39, 0.29) is 12.1 Å². The van der Waals surface area contributed by atoms with Crippen molar-refractivity contribution in [3.05, 3.63) is 0 Å². The van der Waals surface area contributed by atoms with E-state index in [1.807, 2.05) is 4.90 Å². The first-order chi connectivity index (χ1) is 8.22. The van der Waals surface area contributed by atoms with Crippen LogP contribution in [0.2, 0.25) is 0 Å². The number of hydrogen-bond acceptors (Lipinski definition) is 3. The molecule has 2 aliphatic rings. The Bertz CT molecular complexity index is 263. The Morgan fingerprint density at radius 3 is 2.71 bits per heavy atom. The summed E-state index contributed by atoms with van der Waals surface area (Å²) in [5.41, 5.74) is 0. The maximum atomic E-state index is 11.8. The molecule has 0 aliphatic carbocycles. The van der Waals surface area contributed by atoms with Gasteiger partial charge in [0.1, 0.15) is 0 Å². The summed E-state index contributed by atoms with van der Waals surface area (Å²) in [5.74, 6) is 0.265. The summed E-state index contributed by atoms with van der Waals surface area (Å²) in [6, 6.07) is 0.494. The van der Waals surface area contributed by atoms with E-state index in [1.165, 1.54) is 32.4 Å². The molecule has 17 heavy (non-hydrogen) atoms. The van der Waals surface area contributed by atoms with Crippen LogP contribution >= 0.6 is 0 Å². The molecule has 2 fully saturated rings. The zero-order chi connectivity index (χ0) is 12.3. The molecule has 1 amide bonds. The Labute approximate surface area is 104 Å². The summed E-state index contributed by atoms with van der Waals surface area (Å²) in [7, 11) is 0. The average molecular weight is 239 g/mol. The topological polar surface area (TPSA) is 35.6 Å². The van der Waals surface area contributed by atoms with E-state index < -0.39 is 0 Å². The number of piperidine rings is 1. The van der Waals surface area contributed by atoms with Crippen molar-refractivity contribution in [1.29, 1.82) is 0 Å². The lowest BCUT2D eigenvalue weighted by atomic mass is 10.1. The highest BCUT2D eigenvalue weighted by atomic mass is 16.2. The largest absolute Gasteiger partial charge is 0.325 e. The minimum atomic E-state index is 0.259. The van der Waals surface area contributed by atoms with Gasteiger partial charge >= 0.3 is 0 Å². The highest BCUT2D eigenvalue weighted by Crippen LogP contribution is 2.15. The summed E-state index contributed by atoms with van der Waals surface area (Å²) in [6.07, 6.45) is 5.25. The lowest BCUT2D eigenvalue weighted by Gasteiger charge is -2.35. The molecule has 4 heteroatoms. The highest BCUT2D eigenvalue weighted by Gasteiger charge is 2.31. The predicted molar refractivity (Wildman–Crippen MR) is 68.7 cm³/mol. The molecule has 1 N–H and O–H groups in total. The molecular formula is C13H25N3O. The van der Waals surface area contributed by atoms with Crippen LogP contribution in [-0.2, 0) is 4.79 Å². The van der Waals surface area contributed by atoms with E-state index in [2.05, 4.69) is 24.1 Å². The number of hydrogen-bond donors (Lipinski definition) is 1. The molecule has 4 nitrogen and oxygen atoms in total. The summed E-state index contributed by atoms with van der Waals surface area (Å²) in [5, 5.41) is 3.27. The lowest BCUT2D eigenvalue weighted by molar-refractivity contribution is -0.128. The number of nitrogens with zero attached hydrogens (tertiary/aromatic N) is 2. The quantitative estimate of drug-likeness (QED) is 0.796. The Balaban J connectivity index is 1.87. The first-order valence-corrected chi connectivity index (χ1v) is 6.99. The molecule has 2 unspecified atom stereocenters. The van der Waals surface area contributed by atoms with E-state index in [0.717, 1.165) is 13.0 Å². The van der Waals surface area contributed by atoms with Gasteiger partial charge in [-0.3, -0.25) is 15.0 Å². The Kier molecular flexibility index (Phi) is 4.40. The highest BCUT2D eigenvalue weighted by molar-refractivity contribution is 5.80. The monoisotopic (exact) mass is 239 g/mol. The van der Waals surface area contributed by atoms with Crippen molar-refractivity contribution in [3.63, 3.8) is 0 Å². The SMILES string of the molecule is CCC1NCC(=O)N1CC(C)N1CCCCC1. The number of likely N-dealkylation sites (tertiary alicyclic amines) is 1. The lowest BCUT2D eigenvalue weighted by Crippen LogP contribution is -2.48. The van der Waals surface area contributed by atoms with Crippen molar-refractivity contribution in [2.24, 2.45) is 0 Å². The average Bonchev–Trinajstić information content (AvgIpc) is 2.71. The van der Waals surface area contributed by atoms with E-state index in [1.54, 1.807) is 0 Å². The number of carbonyl (C=O) groups excluding carboxylic acids is 1. The fraction of sp³-hybridized carbons (Fsp3) is 0.923. The van der Waals surface area contributed by atoms with Crippen molar-refractivity contribution in [2.45, 2.75) is 51.7 Å². The van der Waals surface area contributed by atoms with Crippen molar-refractivity contribution in [2.75, 3.05) is 26.2 Å². The van der Waals surface area contributed by atoms with E-state index in [9.17, 15) is 4.79 Å². The van der Waals surface area contributed by atoms with Gasteiger partial charge in [-0.15, -0.1) is 0 Å². The molecule has 0 radical (unpaired) electrons. The first-order valence-electron chi connectivity index (χ1n) is 6.99. The Hall–Kier alpha value is -0.610. The maximum Gasteiger partial charge on any atom is 0.237 e. The summed E-state index contributed by atoms with van der Waals surface area (Å²) in [6.45, 7) is 8.19. The van der Waals surface area contributed by atoms with Crippen molar-refractivity contribution < 1.29 is 4.79 Å². The van der Waals surface area contributed by atoms with Crippen molar-refractivity contribution >= 4 is 5.91 Å². The van der Waals surface area contributed by atoms with Crippen LogP contribution in [0.15, 0.2) is 0 Å². The summed E-state index contributed by atoms with van der Waals surface area (Å²) >= 11 is 0. The molecule has 0 aromatic rings. The van der Waals surface area contributed by atoms with Crippen LogP contribution in [0.1, 0.15) is 39.5 Å².